The van der Waals surface area contributed by atoms with Gasteiger partial charge in [0.15, 0.2) is 0 Å². The summed E-state index contributed by atoms with van der Waals surface area (Å²) in [6.07, 6.45) is 5.76. The summed E-state index contributed by atoms with van der Waals surface area (Å²) >= 11 is 0. The van der Waals surface area contributed by atoms with E-state index in [1.807, 2.05) is 43.3 Å². The number of aliphatic hydroxyl groups is 1. The molecular weight excluding hydrogens is 188 g/mol. The van der Waals surface area contributed by atoms with Crippen molar-refractivity contribution in [3.63, 3.8) is 0 Å². The molecule has 3 nitrogen and oxygen atoms in total. The minimum Gasteiger partial charge on any atom is -0.372 e. The van der Waals surface area contributed by atoms with Crippen molar-refractivity contribution in [1.82, 2.24) is 5.01 Å². The van der Waals surface area contributed by atoms with Gasteiger partial charge in [-0.3, -0.25) is 0 Å². The third-order valence-electron chi connectivity index (χ3n) is 2.35. The zero-order valence-corrected chi connectivity index (χ0v) is 8.67. The Morgan fingerprint density at radius 2 is 2.20 bits per heavy atom. The van der Waals surface area contributed by atoms with Gasteiger partial charge in [0.1, 0.15) is 6.23 Å². The maximum Gasteiger partial charge on any atom is 0.146 e. The zero-order valence-electron chi connectivity index (χ0n) is 8.67. The summed E-state index contributed by atoms with van der Waals surface area (Å²) in [7, 11) is 0. The Hall–Kier alpha value is -1.61. The summed E-state index contributed by atoms with van der Waals surface area (Å²) in [6.45, 7) is 1.93. The van der Waals surface area contributed by atoms with E-state index in [1.165, 1.54) is 0 Å². The number of allylic oxidation sites excluding steroid dienone is 1. The predicted molar refractivity (Wildman–Crippen MR) is 59.0 cm³/mol. The highest BCUT2D eigenvalue weighted by atomic mass is 16.3. The van der Waals surface area contributed by atoms with Crippen LogP contribution in [0.25, 0.3) is 6.08 Å². The summed E-state index contributed by atoms with van der Waals surface area (Å²) in [4.78, 5) is 0. The maximum absolute atomic E-state index is 9.70. The van der Waals surface area contributed by atoms with E-state index in [0.717, 1.165) is 10.6 Å². The summed E-state index contributed by atoms with van der Waals surface area (Å²) in [5.41, 5.74) is 0. The van der Waals surface area contributed by atoms with E-state index < -0.39 is 6.23 Å². The highest BCUT2D eigenvalue weighted by Crippen LogP contribution is 2.02. The number of hydrogen-bond donors (Lipinski definition) is 1. The molecule has 0 aliphatic carbocycles. The van der Waals surface area contributed by atoms with Gasteiger partial charge in [0.25, 0.3) is 0 Å². The SMILES string of the molecule is CCC(O)N1C=CC=c2ccccc2=N1. The van der Waals surface area contributed by atoms with Gasteiger partial charge in [-0.25, -0.2) is 5.01 Å². The lowest BCUT2D eigenvalue weighted by Crippen LogP contribution is -2.31. The Balaban J connectivity index is 2.48. The van der Waals surface area contributed by atoms with Crippen molar-refractivity contribution in [1.29, 1.82) is 0 Å². The lowest BCUT2D eigenvalue weighted by molar-refractivity contribution is 0.0338. The first kappa shape index (κ1) is 9.93. The molecule has 0 saturated heterocycles. The first-order valence-corrected chi connectivity index (χ1v) is 5.10. The van der Waals surface area contributed by atoms with E-state index in [4.69, 9.17) is 0 Å². The second-order valence-corrected chi connectivity index (χ2v) is 3.44. The van der Waals surface area contributed by atoms with E-state index in [-0.39, 0.29) is 0 Å². The van der Waals surface area contributed by atoms with Crippen LogP contribution in [0.4, 0.5) is 0 Å². The molecule has 0 aromatic heterocycles. The number of rotatable bonds is 2. The molecule has 1 N–H and O–H groups in total. The van der Waals surface area contributed by atoms with Crippen LogP contribution in [-0.4, -0.2) is 16.3 Å². The Morgan fingerprint density at radius 1 is 1.40 bits per heavy atom. The van der Waals surface area contributed by atoms with Gasteiger partial charge in [0.05, 0.1) is 5.36 Å². The standard InChI is InChI=1S/C12H14N2O/c1-2-12(15)14-9-5-7-10-6-3-4-8-11(10)13-14/h3-9,12,15H,2H2,1H3. The molecular formula is C12H14N2O. The Kier molecular flexibility index (Phi) is 2.83. The average molecular weight is 202 g/mol. The van der Waals surface area contributed by atoms with Crippen molar-refractivity contribution in [2.24, 2.45) is 5.10 Å². The van der Waals surface area contributed by atoms with Gasteiger partial charge < -0.3 is 5.11 Å². The van der Waals surface area contributed by atoms with Crippen LogP contribution in [0.5, 0.6) is 0 Å². The molecule has 2 rings (SSSR count). The summed E-state index contributed by atoms with van der Waals surface area (Å²) in [5, 5.41) is 17.6. The van der Waals surface area contributed by atoms with Gasteiger partial charge in [0.2, 0.25) is 0 Å². The van der Waals surface area contributed by atoms with E-state index >= 15 is 0 Å². The van der Waals surface area contributed by atoms with Gasteiger partial charge in [-0.1, -0.05) is 31.2 Å². The second kappa shape index (κ2) is 4.28. The topological polar surface area (TPSA) is 35.8 Å². The molecule has 1 atom stereocenters. The van der Waals surface area contributed by atoms with Crippen molar-refractivity contribution in [3.8, 4) is 0 Å². The van der Waals surface area contributed by atoms with E-state index in [1.54, 1.807) is 11.2 Å². The molecule has 1 aliphatic heterocycles. The highest BCUT2D eigenvalue weighted by molar-refractivity contribution is 5.36. The molecule has 0 saturated carbocycles. The second-order valence-electron chi connectivity index (χ2n) is 3.44. The molecule has 15 heavy (non-hydrogen) atoms. The van der Waals surface area contributed by atoms with Gasteiger partial charge in [-0.15, -0.1) is 0 Å². The van der Waals surface area contributed by atoms with Crippen molar-refractivity contribution in [2.75, 3.05) is 0 Å². The van der Waals surface area contributed by atoms with Crippen LogP contribution < -0.4 is 10.6 Å². The van der Waals surface area contributed by atoms with E-state index in [9.17, 15) is 5.11 Å². The van der Waals surface area contributed by atoms with Crippen molar-refractivity contribution in [2.45, 2.75) is 19.6 Å². The molecule has 0 amide bonds. The maximum atomic E-state index is 9.70. The number of hydrogen-bond acceptors (Lipinski definition) is 3. The summed E-state index contributed by atoms with van der Waals surface area (Å²) < 4.78 is 0. The van der Waals surface area contributed by atoms with Gasteiger partial charge >= 0.3 is 0 Å². The first-order chi connectivity index (χ1) is 7.31. The number of aliphatic hydroxyl groups excluding tert-OH is 1. The van der Waals surface area contributed by atoms with Crippen LogP contribution in [0.1, 0.15) is 13.3 Å². The fraction of sp³-hybridized carbons (Fsp3) is 0.250. The van der Waals surface area contributed by atoms with Crippen LogP contribution in [-0.2, 0) is 0 Å². The number of benzene rings is 1. The quantitative estimate of drug-likeness (QED) is 0.760. The molecule has 1 aromatic rings. The zero-order chi connectivity index (χ0) is 10.7. The van der Waals surface area contributed by atoms with E-state index in [0.29, 0.717) is 6.42 Å². The lowest BCUT2D eigenvalue weighted by Gasteiger charge is -2.18. The monoisotopic (exact) mass is 202 g/mol. The molecule has 3 heteroatoms. The van der Waals surface area contributed by atoms with Gasteiger partial charge in [-0.2, -0.15) is 5.10 Å². The third kappa shape index (κ3) is 2.07. The highest BCUT2D eigenvalue weighted by Gasteiger charge is 2.08. The molecule has 0 radical (unpaired) electrons. The van der Waals surface area contributed by atoms with Crippen molar-refractivity contribution < 1.29 is 5.11 Å². The molecule has 78 valence electrons. The first-order valence-electron chi connectivity index (χ1n) is 5.10. The van der Waals surface area contributed by atoms with Gasteiger partial charge in [-0.05, 0) is 18.6 Å². The Bertz CT molecular complexity index is 479. The fourth-order valence-electron chi connectivity index (χ4n) is 1.47. The Labute approximate surface area is 88.7 Å². The molecule has 1 aromatic carbocycles. The average Bonchev–Trinajstić information content (AvgIpc) is 2.49. The lowest BCUT2D eigenvalue weighted by atomic mass is 10.3. The van der Waals surface area contributed by atoms with Crippen LogP contribution in [0.3, 0.4) is 0 Å². The molecule has 1 unspecified atom stereocenters. The number of fused-ring (bicyclic) bond motifs is 1. The molecule has 0 fully saturated rings. The summed E-state index contributed by atoms with van der Waals surface area (Å²) in [5.74, 6) is 0. The molecule has 0 bridgehead atoms. The van der Waals surface area contributed by atoms with Crippen LogP contribution >= 0.6 is 0 Å². The number of nitrogens with zero attached hydrogens (tertiary/aromatic N) is 2. The van der Waals surface area contributed by atoms with Crippen molar-refractivity contribution in [3.05, 3.63) is 47.1 Å². The minimum atomic E-state index is -0.555. The van der Waals surface area contributed by atoms with Crippen molar-refractivity contribution >= 4 is 6.08 Å². The normalized spacial score (nSPS) is 16.0. The third-order valence-corrected chi connectivity index (χ3v) is 2.35. The predicted octanol–water partition coefficient (Wildman–Crippen LogP) is 0.559. The largest absolute Gasteiger partial charge is 0.372 e. The Morgan fingerprint density at radius 3 is 3.00 bits per heavy atom. The fourth-order valence-corrected chi connectivity index (χ4v) is 1.47. The molecule has 0 spiro atoms. The van der Waals surface area contributed by atoms with Crippen LogP contribution in [0.15, 0.2) is 41.6 Å². The molecule has 1 aliphatic rings. The smallest absolute Gasteiger partial charge is 0.146 e. The minimum absolute atomic E-state index is 0.555. The summed E-state index contributed by atoms with van der Waals surface area (Å²) in [6, 6.07) is 7.86. The molecule has 1 heterocycles. The van der Waals surface area contributed by atoms with Crippen LogP contribution in [0, 0.1) is 0 Å². The van der Waals surface area contributed by atoms with Gasteiger partial charge in [0, 0.05) is 11.4 Å². The van der Waals surface area contributed by atoms with Crippen LogP contribution in [0.2, 0.25) is 0 Å². The van der Waals surface area contributed by atoms with E-state index in [2.05, 4.69) is 5.10 Å².